The van der Waals surface area contributed by atoms with Gasteiger partial charge in [-0.05, 0) is 31.7 Å². The molecule has 0 radical (unpaired) electrons. The third-order valence-electron chi connectivity index (χ3n) is 2.69. The lowest BCUT2D eigenvalue weighted by Gasteiger charge is -2.14. The molecule has 0 fully saturated rings. The van der Waals surface area contributed by atoms with Crippen LogP contribution in [-0.2, 0) is 0 Å². The Balaban J connectivity index is 2.31. The van der Waals surface area contributed by atoms with Gasteiger partial charge < -0.3 is 15.2 Å². The monoisotopic (exact) mass is 227 g/mol. The highest BCUT2D eigenvalue weighted by Gasteiger charge is 2.23. The molecule has 15 heavy (non-hydrogen) atoms. The second-order valence-electron chi connectivity index (χ2n) is 3.73. The number of rotatable bonds is 1. The molecule has 3 nitrogen and oxygen atoms in total. The van der Waals surface area contributed by atoms with Gasteiger partial charge >= 0.3 is 0 Å². The van der Waals surface area contributed by atoms with Crippen LogP contribution in [0, 0.1) is 0 Å². The molecule has 0 aromatic heterocycles. The SMILES string of the molecule is CNC1COc2ccc(Cl)cc2C(O)C1. The van der Waals surface area contributed by atoms with Crippen LogP contribution in [-0.4, -0.2) is 24.8 Å². The minimum atomic E-state index is -0.515. The first-order valence-electron chi connectivity index (χ1n) is 4.98. The average Bonchev–Trinajstić information content (AvgIpc) is 2.39. The minimum absolute atomic E-state index is 0.172. The fraction of sp³-hybridized carbons (Fsp3) is 0.455. The quantitative estimate of drug-likeness (QED) is 0.768. The van der Waals surface area contributed by atoms with Crippen molar-refractivity contribution in [1.82, 2.24) is 5.32 Å². The fourth-order valence-corrected chi connectivity index (χ4v) is 1.95. The molecular formula is C11H14ClNO2. The van der Waals surface area contributed by atoms with Gasteiger partial charge in [0.2, 0.25) is 0 Å². The van der Waals surface area contributed by atoms with Crippen LogP contribution in [0.4, 0.5) is 0 Å². The highest BCUT2D eigenvalue weighted by atomic mass is 35.5. The van der Waals surface area contributed by atoms with Gasteiger partial charge in [-0.1, -0.05) is 11.6 Å². The Morgan fingerprint density at radius 1 is 1.53 bits per heavy atom. The molecule has 1 aromatic rings. The Kier molecular flexibility index (Phi) is 3.14. The van der Waals surface area contributed by atoms with Crippen LogP contribution >= 0.6 is 11.6 Å². The van der Waals surface area contributed by atoms with Crippen LogP contribution in [0.2, 0.25) is 5.02 Å². The molecule has 1 aliphatic heterocycles. The van der Waals surface area contributed by atoms with E-state index < -0.39 is 6.10 Å². The van der Waals surface area contributed by atoms with E-state index in [2.05, 4.69) is 5.32 Å². The van der Waals surface area contributed by atoms with Crippen molar-refractivity contribution in [2.24, 2.45) is 0 Å². The number of ether oxygens (including phenoxy) is 1. The summed E-state index contributed by atoms with van der Waals surface area (Å²) in [6, 6.07) is 5.51. The molecule has 2 rings (SSSR count). The van der Waals surface area contributed by atoms with Crippen LogP contribution in [0.1, 0.15) is 18.1 Å². The predicted octanol–water partition coefficient (Wildman–Crippen LogP) is 1.74. The van der Waals surface area contributed by atoms with Crippen LogP contribution in [0.3, 0.4) is 0 Å². The number of halogens is 1. The van der Waals surface area contributed by atoms with E-state index in [1.165, 1.54) is 0 Å². The summed E-state index contributed by atoms with van der Waals surface area (Å²) in [7, 11) is 1.86. The lowest BCUT2D eigenvalue weighted by atomic mass is 10.0. The Morgan fingerprint density at radius 2 is 2.33 bits per heavy atom. The minimum Gasteiger partial charge on any atom is -0.492 e. The van der Waals surface area contributed by atoms with E-state index in [-0.39, 0.29) is 6.04 Å². The summed E-state index contributed by atoms with van der Waals surface area (Å²) in [5.41, 5.74) is 0.778. The molecule has 1 aromatic carbocycles. The van der Waals surface area contributed by atoms with Crippen LogP contribution < -0.4 is 10.1 Å². The molecule has 1 aliphatic rings. The molecule has 0 amide bonds. The maximum Gasteiger partial charge on any atom is 0.125 e. The lowest BCUT2D eigenvalue weighted by Crippen LogP contribution is -2.31. The molecule has 0 saturated heterocycles. The number of aliphatic hydroxyl groups is 1. The van der Waals surface area contributed by atoms with E-state index in [0.29, 0.717) is 18.1 Å². The molecule has 82 valence electrons. The third kappa shape index (κ3) is 2.25. The highest BCUT2D eigenvalue weighted by molar-refractivity contribution is 6.30. The van der Waals surface area contributed by atoms with Gasteiger partial charge in [-0.15, -0.1) is 0 Å². The van der Waals surface area contributed by atoms with Crippen molar-refractivity contribution in [2.45, 2.75) is 18.6 Å². The van der Waals surface area contributed by atoms with Crippen molar-refractivity contribution in [3.63, 3.8) is 0 Å². The zero-order valence-electron chi connectivity index (χ0n) is 8.53. The summed E-state index contributed by atoms with van der Waals surface area (Å²) in [6.45, 7) is 0.572. The Morgan fingerprint density at radius 3 is 3.07 bits per heavy atom. The topological polar surface area (TPSA) is 41.5 Å². The van der Waals surface area contributed by atoms with Gasteiger partial charge in [-0.25, -0.2) is 0 Å². The van der Waals surface area contributed by atoms with Gasteiger partial charge in [-0.3, -0.25) is 0 Å². The molecule has 0 bridgehead atoms. The van der Waals surface area contributed by atoms with Crippen LogP contribution in [0.15, 0.2) is 18.2 Å². The number of fused-ring (bicyclic) bond motifs is 1. The lowest BCUT2D eigenvalue weighted by molar-refractivity contribution is 0.153. The standard InChI is InChI=1S/C11H14ClNO2/c1-13-8-5-10(14)9-4-7(12)2-3-11(9)15-6-8/h2-4,8,10,13-14H,5-6H2,1H3. The van der Waals surface area contributed by atoms with E-state index in [4.69, 9.17) is 16.3 Å². The number of hydrogen-bond acceptors (Lipinski definition) is 3. The van der Waals surface area contributed by atoms with Gasteiger partial charge in [0.25, 0.3) is 0 Å². The van der Waals surface area contributed by atoms with Crippen molar-refractivity contribution in [1.29, 1.82) is 0 Å². The summed E-state index contributed by atoms with van der Waals surface area (Å²) < 4.78 is 5.60. The summed E-state index contributed by atoms with van der Waals surface area (Å²) >= 11 is 5.88. The second-order valence-corrected chi connectivity index (χ2v) is 4.17. The van der Waals surface area contributed by atoms with E-state index in [1.807, 2.05) is 7.05 Å². The fourth-order valence-electron chi connectivity index (χ4n) is 1.77. The van der Waals surface area contributed by atoms with E-state index in [1.54, 1.807) is 18.2 Å². The zero-order chi connectivity index (χ0) is 10.8. The van der Waals surface area contributed by atoms with Gasteiger partial charge in [-0.2, -0.15) is 0 Å². The molecule has 2 N–H and O–H groups in total. The number of likely N-dealkylation sites (N-methyl/N-ethyl adjacent to an activating group) is 1. The van der Waals surface area contributed by atoms with Gasteiger partial charge in [0, 0.05) is 16.6 Å². The van der Waals surface area contributed by atoms with Gasteiger partial charge in [0.1, 0.15) is 12.4 Å². The molecule has 0 spiro atoms. The molecule has 2 atom stereocenters. The van der Waals surface area contributed by atoms with Crippen molar-refractivity contribution >= 4 is 11.6 Å². The van der Waals surface area contributed by atoms with Gasteiger partial charge in [0.15, 0.2) is 0 Å². The number of hydrogen-bond donors (Lipinski definition) is 2. The van der Waals surface area contributed by atoms with E-state index in [9.17, 15) is 5.11 Å². The van der Waals surface area contributed by atoms with E-state index >= 15 is 0 Å². The Hall–Kier alpha value is -0.770. The largest absolute Gasteiger partial charge is 0.492 e. The normalized spacial score (nSPS) is 25.3. The number of nitrogens with one attached hydrogen (secondary N) is 1. The third-order valence-corrected chi connectivity index (χ3v) is 2.92. The van der Waals surface area contributed by atoms with Crippen molar-refractivity contribution in [3.8, 4) is 5.75 Å². The summed E-state index contributed by atoms with van der Waals surface area (Å²) in [4.78, 5) is 0. The number of aliphatic hydroxyl groups excluding tert-OH is 1. The first kappa shape index (κ1) is 10.7. The number of benzene rings is 1. The molecule has 4 heteroatoms. The smallest absolute Gasteiger partial charge is 0.125 e. The zero-order valence-corrected chi connectivity index (χ0v) is 9.29. The predicted molar refractivity (Wildman–Crippen MR) is 59.4 cm³/mol. The van der Waals surface area contributed by atoms with Crippen LogP contribution in [0.5, 0.6) is 5.75 Å². The summed E-state index contributed by atoms with van der Waals surface area (Å²) in [6.07, 6.45) is 0.128. The maximum atomic E-state index is 9.99. The molecular weight excluding hydrogens is 214 g/mol. The maximum absolute atomic E-state index is 9.99. The molecule has 0 aliphatic carbocycles. The first-order valence-corrected chi connectivity index (χ1v) is 5.36. The van der Waals surface area contributed by atoms with Crippen LogP contribution in [0.25, 0.3) is 0 Å². The highest BCUT2D eigenvalue weighted by Crippen LogP contribution is 2.33. The average molecular weight is 228 g/mol. The first-order chi connectivity index (χ1) is 7.20. The molecule has 2 unspecified atom stereocenters. The van der Waals surface area contributed by atoms with E-state index in [0.717, 1.165) is 11.3 Å². The Labute approximate surface area is 94.0 Å². The Bertz CT molecular complexity index is 356. The molecule has 0 saturated carbocycles. The summed E-state index contributed by atoms with van der Waals surface area (Å²) in [5.74, 6) is 0.727. The second kappa shape index (κ2) is 4.39. The summed E-state index contributed by atoms with van der Waals surface area (Å²) in [5, 5.41) is 13.7. The van der Waals surface area contributed by atoms with Crippen molar-refractivity contribution in [2.75, 3.05) is 13.7 Å². The van der Waals surface area contributed by atoms with Crippen molar-refractivity contribution in [3.05, 3.63) is 28.8 Å². The van der Waals surface area contributed by atoms with Crippen molar-refractivity contribution < 1.29 is 9.84 Å². The molecule has 1 heterocycles. The van der Waals surface area contributed by atoms with Gasteiger partial charge in [0.05, 0.1) is 6.10 Å².